The zero-order chi connectivity index (χ0) is 13.0. The van der Waals surface area contributed by atoms with Crippen LogP contribution in [0.2, 0.25) is 0 Å². The predicted octanol–water partition coefficient (Wildman–Crippen LogP) is 0.942. The van der Waals surface area contributed by atoms with Crippen molar-refractivity contribution in [1.29, 1.82) is 0 Å². The van der Waals surface area contributed by atoms with E-state index in [1.165, 1.54) is 11.7 Å². The number of nitrogens with zero attached hydrogens (tertiary/aromatic N) is 1. The van der Waals surface area contributed by atoms with E-state index in [9.17, 15) is 9.59 Å². The number of amides is 1. The summed E-state index contributed by atoms with van der Waals surface area (Å²) in [5.74, 6) is 0.0482. The molecular formula is C12H18N2O3. The zero-order valence-corrected chi connectivity index (χ0v) is 10.6. The number of carbonyl (C=O) groups excluding carboxylic acids is 1. The number of aromatic nitrogens is 1. The largest absolute Gasteiger partial charge is 0.491 e. The van der Waals surface area contributed by atoms with Crippen LogP contribution >= 0.6 is 0 Å². The highest BCUT2D eigenvalue weighted by Crippen LogP contribution is 2.07. The Hall–Kier alpha value is -1.78. The molecule has 1 N–H and O–H groups in total. The van der Waals surface area contributed by atoms with Crippen molar-refractivity contribution in [3.05, 3.63) is 28.7 Å². The Kier molecular flexibility index (Phi) is 4.31. The van der Waals surface area contributed by atoms with Crippen LogP contribution in [-0.2, 0) is 4.79 Å². The van der Waals surface area contributed by atoms with Crippen LogP contribution in [0.3, 0.4) is 0 Å². The van der Waals surface area contributed by atoms with Crippen LogP contribution < -0.4 is 15.6 Å². The van der Waals surface area contributed by atoms with Gasteiger partial charge in [0.15, 0.2) is 5.75 Å². The van der Waals surface area contributed by atoms with E-state index in [2.05, 4.69) is 5.32 Å². The fourth-order valence-electron chi connectivity index (χ4n) is 1.48. The van der Waals surface area contributed by atoms with E-state index in [4.69, 9.17) is 4.74 Å². The summed E-state index contributed by atoms with van der Waals surface area (Å²) < 4.78 is 6.29. The van der Waals surface area contributed by atoms with Crippen molar-refractivity contribution >= 4 is 5.91 Å². The van der Waals surface area contributed by atoms with E-state index in [1.807, 2.05) is 13.8 Å². The molecule has 17 heavy (non-hydrogen) atoms. The number of carbonyl (C=O) groups is 1. The van der Waals surface area contributed by atoms with Gasteiger partial charge in [0.1, 0.15) is 6.04 Å². The second kappa shape index (κ2) is 5.52. The van der Waals surface area contributed by atoms with Gasteiger partial charge in [0.25, 0.3) is 5.56 Å². The van der Waals surface area contributed by atoms with E-state index in [-0.39, 0.29) is 23.3 Å². The number of methoxy groups -OCH3 is 1. The minimum Gasteiger partial charge on any atom is -0.491 e. The Labute approximate surface area is 100 Å². The Morgan fingerprint density at radius 1 is 1.41 bits per heavy atom. The third-order valence-electron chi connectivity index (χ3n) is 2.39. The molecule has 0 radical (unpaired) electrons. The lowest BCUT2D eigenvalue weighted by Crippen LogP contribution is -2.38. The van der Waals surface area contributed by atoms with E-state index >= 15 is 0 Å². The van der Waals surface area contributed by atoms with Gasteiger partial charge >= 0.3 is 0 Å². The normalized spacial score (nSPS) is 12.3. The molecule has 5 nitrogen and oxygen atoms in total. The van der Waals surface area contributed by atoms with Gasteiger partial charge in [-0.3, -0.25) is 9.59 Å². The highest BCUT2D eigenvalue weighted by Gasteiger charge is 2.17. The fourth-order valence-corrected chi connectivity index (χ4v) is 1.48. The minimum absolute atomic E-state index is 0.0475. The molecule has 0 bridgehead atoms. The fraction of sp³-hybridized carbons (Fsp3) is 0.500. The van der Waals surface area contributed by atoms with Crippen LogP contribution in [0.1, 0.15) is 26.8 Å². The van der Waals surface area contributed by atoms with Crippen LogP contribution in [0.4, 0.5) is 0 Å². The van der Waals surface area contributed by atoms with Gasteiger partial charge in [-0.2, -0.15) is 0 Å². The number of hydrogen-bond acceptors (Lipinski definition) is 3. The molecular weight excluding hydrogens is 220 g/mol. The third-order valence-corrected chi connectivity index (χ3v) is 2.39. The van der Waals surface area contributed by atoms with Gasteiger partial charge in [-0.05, 0) is 32.9 Å². The van der Waals surface area contributed by atoms with Crippen molar-refractivity contribution in [2.45, 2.75) is 32.9 Å². The first-order valence-electron chi connectivity index (χ1n) is 5.53. The van der Waals surface area contributed by atoms with Crippen LogP contribution in [0, 0.1) is 0 Å². The maximum atomic E-state index is 11.9. The highest BCUT2D eigenvalue weighted by molar-refractivity contribution is 5.80. The van der Waals surface area contributed by atoms with Gasteiger partial charge in [-0.25, -0.2) is 0 Å². The van der Waals surface area contributed by atoms with Crippen molar-refractivity contribution in [1.82, 2.24) is 9.88 Å². The standard InChI is InChI=1S/C12H18N2O3/c1-8(2)13-11(15)9(3)14-7-5-6-10(17-4)12(14)16/h5-9H,1-4H3,(H,13,15)/t9-/m1/s1. The molecule has 5 heteroatoms. The smallest absolute Gasteiger partial charge is 0.293 e. The molecule has 1 amide bonds. The predicted molar refractivity (Wildman–Crippen MR) is 65.2 cm³/mol. The van der Waals surface area contributed by atoms with Gasteiger partial charge in [-0.1, -0.05) is 0 Å². The van der Waals surface area contributed by atoms with E-state index < -0.39 is 6.04 Å². The molecule has 0 aromatic carbocycles. The van der Waals surface area contributed by atoms with Crippen molar-refractivity contribution in [2.75, 3.05) is 7.11 Å². The molecule has 94 valence electrons. The molecule has 1 rings (SSSR count). The first-order chi connectivity index (χ1) is 7.97. The third kappa shape index (κ3) is 3.09. The Morgan fingerprint density at radius 3 is 2.59 bits per heavy atom. The minimum atomic E-state index is -0.556. The maximum Gasteiger partial charge on any atom is 0.293 e. The van der Waals surface area contributed by atoms with Crippen LogP contribution in [0.5, 0.6) is 5.75 Å². The first-order valence-corrected chi connectivity index (χ1v) is 5.53. The van der Waals surface area contributed by atoms with Crippen LogP contribution in [0.15, 0.2) is 23.1 Å². The summed E-state index contributed by atoms with van der Waals surface area (Å²) in [7, 11) is 1.43. The lowest BCUT2D eigenvalue weighted by Gasteiger charge is -2.17. The SMILES string of the molecule is COc1cccn([C@H](C)C(=O)NC(C)C)c1=O. The van der Waals surface area contributed by atoms with Crippen molar-refractivity contribution in [3.63, 3.8) is 0 Å². The molecule has 0 aliphatic heterocycles. The maximum absolute atomic E-state index is 11.9. The van der Waals surface area contributed by atoms with Crippen molar-refractivity contribution in [2.24, 2.45) is 0 Å². The summed E-state index contributed by atoms with van der Waals surface area (Å²) >= 11 is 0. The second-order valence-corrected chi connectivity index (χ2v) is 4.13. The Morgan fingerprint density at radius 2 is 2.06 bits per heavy atom. The summed E-state index contributed by atoms with van der Waals surface area (Å²) in [5, 5.41) is 2.77. The van der Waals surface area contributed by atoms with Crippen LogP contribution in [0.25, 0.3) is 0 Å². The average Bonchev–Trinajstić information content (AvgIpc) is 2.27. The molecule has 0 fully saturated rings. The zero-order valence-electron chi connectivity index (χ0n) is 10.6. The monoisotopic (exact) mass is 238 g/mol. The average molecular weight is 238 g/mol. The lowest BCUT2D eigenvalue weighted by molar-refractivity contribution is -0.124. The van der Waals surface area contributed by atoms with Gasteiger partial charge in [-0.15, -0.1) is 0 Å². The van der Waals surface area contributed by atoms with Gasteiger partial charge in [0, 0.05) is 12.2 Å². The number of rotatable bonds is 4. The topological polar surface area (TPSA) is 60.3 Å². The number of hydrogen-bond donors (Lipinski definition) is 1. The Bertz CT molecular complexity index is 451. The molecule has 1 aromatic heterocycles. The van der Waals surface area contributed by atoms with Crippen molar-refractivity contribution in [3.8, 4) is 5.75 Å². The molecule has 1 heterocycles. The lowest BCUT2D eigenvalue weighted by atomic mass is 10.2. The number of ether oxygens (including phenoxy) is 1. The molecule has 0 unspecified atom stereocenters. The summed E-state index contributed by atoms with van der Waals surface area (Å²) in [6, 6.07) is 2.75. The quantitative estimate of drug-likeness (QED) is 0.849. The van der Waals surface area contributed by atoms with Gasteiger partial charge in [0.2, 0.25) is 5.91 Å². The number of nitrogens with one attached hydrogen (secondary N) is 1. The molecule has 1 aromatic rings. The first kappa shape index (κ1) is 13.3. The second-order valence-electron chi connectivity index (χ2n) is 4.13. The summed E-state index contributed by atoms with van der Waals surface area (Å²) in [5.41, 5.74) is -0.304. The summed E-state index contributed by atoms with van der Waals surface area (Å²) in [6.45, 7) is 5.43. The Balaban J connectivity index is 3.00. The highest BCUT2D eigenvalue weighted by atomic mass is 16.5. The van der Waals surface area contributed by atoms with Gasteiger partial charge in [0.05, 0.1) is 7.11 Å². The van der Waals surface area contributed by atoms with E-state index in [0.717, 1.165) is 0 Å². The van der Waals surface area contributed by atoms with Gasteiger partial charge < -0.3 is 14.6 Å². The molecule has 0 aliphatic rings. The van der Waals surface area contributed by atoms with Crippen molar-refractivity contribution < 1.29 is 9.53 Å². The molecule has 0 aliphatic carbocycles. The van der Waals surface area contributed by atoms with E-state index in [1.54, 1.807) is 25.3 Å². The number of pyridine rings is 1. The molecule has 0 saturated carbocycles. The van der Waals surface area contributed by atoms with E-state index in [0.29, 0.717) is 0 Å². The molecule has 0 saturated heterocycles. The summed E-state index contributed by atoms with van der Waals surface area (Å²) in [6.07, 6.45) is 1.58. The summed E-state index contributed by atoms with van der Waals surface area (Å²) in [4.78, 5) is 23.7. The molecule has 0 spiro atoms. The molecule has 1 atom stereocenters. The van der Waals surface area contributed by atoms with Crippen LogP contribution in [-0.4, -0.2) is 23.6 Å².